The molecule has 1 heterocycles. The number of rotatable bonds is 6. The summed E-state index contributed by atoms with van der Waals surface area (Å²) in [6.45, 7) is 6.36. The van der Waals surface area contributed by atoms with Crippen molar-refractivity contribution in [2.24, 2.45) is 0 Å². The van der Waals surface area contributed by atoms with Crippen LogP contribution in [0.25, 0.3) is 11.3 Å². The van der Waals surface area contributed by atoms with Gasteiger partial charge in [-0.05, 0) is 38.5 Å². The molecular formula is C17H22FN3O2. The second-order valence-corrected chi connectivity index (χ2v) is 5.36. The molecule has 5 nitrogen and oxygen atoms in total. The standard InChI is InChI=1S/C17H22FN3O2/c1-5-11(3)19-17(22)16-10-15(20-21(16)6-2)13-8-7-12(23-4)9-14(13)18/h7-11H,5-6H2,1-4H3,(H,19,22). The third-order valence-corrected chi connectivity index (χ3v) is 3.75. The molecular weight excluding hydrogens is 297 g/mol. The van der Waals surface area contributed by atoms with Crippen LogP contribution in [0, 0.1) is 5.82 Å². The Morgan fingerprint density at radius 3 is 2.70 bits per heavy atom. The van der Waals surface area contributed by atoms with Gasteiger partial charge in [0.05, 0.1) is 12.8 Å². The van der Waals surface area contributed by atoms with E-state index in [4.69, 9.17) is 4.74 Å². The fraction of sp³-hybridized carbons (Fsp3) is 0.412. The molecule has 1 N–H and O–H groups in total. The van der Waals surface area contributed by atoms with E-state index in [1.165, 1.54) is 13.2 Å². The minimum Gasteiger partial charge on any atom is -0.497 e. The van der Waals surface area contributed by atoms with Crippen LogP contribution in [0.3, 0.4) is 0 Å². The maximum absolute atomic E-state index is 14.2. The number of methoxy groups -OCH3 is 1. The molecule has 1 atom stereocenters. The molecule has 0 aliphatic rings. The first kappa shape index (κ1) is 17.0. The van der Waals surface area contributed by atoms with Crippen molar-refractivity contribution >= 4 is 5.91 Å². The SMILES string of the molecule is CCC(C)NC(=O)c1cc(-c2ccc(OC)cc2F)nn1CC. The fourth-order valence-corrected chi connectivity index (χ4v) is 2.20. The van der Waals surface area contributed by atoms with Crippen LogP contribution in [-0.2, 0) is 6.54 Å². The zero-order chi connectivity index (χ0) is 17.0. The summed E-state index contributed by atoms with van der Waals surface area (Å²) in [5.74, 6) is -0.191. The predicted octanol–water partition coefficient (Wildman–Crippen LogP) is 3.25. The van der Waals surface area contributed by atoms with E-state index in [9.17, 15) is 9.18 Å². The number of hydrogen-bond donors (Lipinski definition) is 1. The van der Waals surface area contributed by atoms with Crippen LogP contribution < -0.4 is 10.1 Å². The van der Waals surface area contributed by atoms with E-state index in [-0.39, 0.29) is 11.9 Å². The maximum atomic E-state index is 14.2. The van der Waals surface area contributed by atoms with Crippen LogP contribution >= 0.6 is 0 Å². The van der Waals surface area contributed by atoms with Gasteiger partial charge in [-0.3, -0.25) is 9.48 Å². The maximum Gasteiger partial charge on any atom is 0.269 e. The average molecular weight is 319 g/mol. The summed E-state index contributed by atoms with van der Waals surface area (Å²) in [4.78, 5) is 12.3. The highest BCUT2D eigenvalue weighted by atomic mass is 19.1. The third kappa shape index (κ3) is 3.70. The molecule has 23 heavy (non-hydrogen) atoms. The number of nitrogens with zero attached hydrogens (tertiary/aromatic N) is 2. The highest BCUT2D eigenvalue weighted by Gasteiger charge is 2.18. The van der Waals surface area contributed by atoms with Crippen LogP contribution in [-0.4, -0.2) is 28.8 Å². The van der Waals surface area contributed by atoms with Gasteiger partial charge in [-0.25, -0.2) is 4.39 Å². The van der Waals surface area contributed by atoms with E-state index in [0.717, 1.165) is 6.42 Å². The molecule has 6 heteroatoms. The predicted molar refractivity (Wildman–Crippen MR) is 87.1 cm³/mol. The van der Waals surface area contributed by atoms with Crippen molar-refractivity contribution in [3.63, 3.8) is 0 Å². The van der Waals surface area contributed by atoms with Gasteiger partial charge >= 0.3 is 0 Å². The number of carbonyl (C=O) groups excluding carboxylic acids is 1. The van der Waals surface area contributed by atoms with Gasteiger partial charge in [0.2, 0.25) is 0 Å². The Morgan fingerprint density at radius 2 is 2.13 bits per heavy atom. The first-order valence-electron chi connectivity index (χ1n) is 7.72. The Labute approximate surface area is 135 Å². The summed E-state index contributed by atoms with van der Waals surface area (Å²) in [5, 5.41) is 7.25. The van der Waals surface area contributed by atoms with Gasteiger partial charge in [0, 0.05) is 24.2 Å². The Hall–Kier alpha value is -2.37. The van der Waals surface area contributed by atoms with E-state index in [0.29, 0.717) is 29.2 Å². The average Bonchev–Trinajstić information content (AvgIpc) is 2.98. The Morgan fingerprint density at radius 1 is 1.39 bits per heavy atom. The number of aryl methyl sites for hydroxylation is 1. The molecule has 2 aromatic rings. The summed E-state index contributed by atoms with van der Waals surface area (Å²) < 4.78 is 20.8. The number of benzene rings is 1. The molecule has 0 spiro atoms. The van der Waals surface area contributed by atoms with E-state index in [1.807, 2.05) is 20.8 Å². The molecule has 1 unspecified atom stereocenters. The first-order chi connectivity index (χ1) is 11.0. The lowest BCUT2D eigenvalue weighted by molar-refractivity contribution is 0.0928. The number of halogens is 1. The zero-order valence-corrected chi connectivity index (χ0v) is 13.9. The van der Waals surface area contributed by atoms with Crippen molar-refractivity contribution in [1.82, 2.24) is 15.1 Å². The monoisotopic (exact) mass is 319 g/mol. The lowest BCUT2D eigenvalue weighted by Gasteiger charge is -2.11. The van der Waals surface area contributed by atoms with Gasteiger partial charge in [-0.2, -0.15) is 5.10 Å². The van der Waals surface area contributed by atoms with Gasteiger partial charge in [-0.1, -0.05) is 6.92 Å². The lowest BCUT2D eigenvalue weighted by Crippen LogP contribution is -2.33. The number of aromatic nitrogens is 2. The second-order valence-electron chi connectivity index (χ2n) is 5.36. The van der Waals surface area contributed by atoms with E-state index >= 15 is 0 Å². The zero-order valence-electron chi connectivity index (χ0n) is 13.9. The lowest BCUT2D eigenvalue weighted by atomic mass is 10.1. The molecule has 0 saturated heterocycles. The van der Waals surface area contributed by atoms with Crippen molar-refractivity contribution < 1.29 is 13.9 Å². The molecule has 1 aromatic heterocycles. The summed E-state index contributed by atoms with van der Waals surface area (Å²) in [6, 6.07) is 6.27. The van der Waals surface area contributed by atoms with Crippen LogP contribution in [0.4, 0.5) is 4.39 Å². The molecule has 0 aliphatic carbocycles. The van der Waals surface area contributed by atoms with Crippen LogP contribution in [0.5, 0.6) is 5.75 Å². The first-order valence-corrected chi connectivity index (χ1v) is 7.72. The minimum atomic E-state index is -0.431. The molecule has 0 fully saturated rings. The second kappa shape index (κ2) is 7.26. The third-order valence-electron chi connectivity index (χ3n) is 3.75. The quantitative estimate of drug-likeness (QED) is 0.889. The number of carbonyl (C=O) groups is 1. The summed E-state index contributed by atoms with van der Waals surface area (Å²) in [5.41, 5.74) is 1.20. The molecule has 1 aromatic carbocycles. The number of hydrogen-bond acceptors (Lipinski definition) is 3. The largest absolute Gasteiger partial charge is 0.497 e. The van der Waals surface area contributed by atoms with Crippen LogP contribution in [0.2, 0.25) is 0 Å². The van der Waals surface area contributed by atoms with Gasteiger partial charge in [0.25, 0.3) is 5.91 Å². The van der Waals surface area contributed by atoms with Crippen molar-refractivity contribution in [1.29, 1.82) is 0 Å². The van der Waals surface area contributed by atoms with Crippen molar-refractivity contribution in [3.05, 3.63) is 35.8 Å². The Balaban J connectivity index is 2.37. The summed E-state index contributed by atoms with van der Waals surface area (Å²) in [6.07, 6.45) is 0.839. The molecule has 0 radical (unpaired) electrons. The molecule has 0 bridgehead atoms. The van der Waals surface area contributed by atoms with Gasteiger partial charge in [0.1, 0.15) is 17.3 Å². The van der Waals surface area contributed by atoms with Crippen molar-refractivity contribution in [2.45, 2.75) is 39.8 Å². The van der Waals surface area contributed by atoms with Gasteiger partial charge in [-0.15, -0.1) is 0 Å². The Bertz CT molecular complexity index is 697. The highest BCUT2D eigenvalue weighted by Crippen LogP contribution is 2.26. The highest BCUT2D eigenvalue weighted by molar-refractivity contribution is 5.93. The number of amides is 1. The van der Waals surface area contributed by atoms with Crippen molar-refractivity contribution in [2.75, 3.05) is 7.11 Å². The van der Waals surface area contributed by atoms with Crippen molar-refractivity contribution in [3.8, 4) is 17.0 Å². The van der Waals surface area contributed by atoms with Gasteiger partial charge < -0.3 is 10.1 Å². The van der Waals surface area contributed by atoms with E-state index in [2.05, 4.69) is 10.4 Å². The van der Waals surface area contributed by atoms with Crippen LogP contribution in [0.15, 0.2) is 24.3 Å². The van der Waals surface area contributed by atoms with Gasteiger partial charge in [0.15, 0.2) is 0 Å². The molecule has 0 aliphatic heterocycles. The van der Waals surface area contributed by atoms with Crippen LogP contribution in [0.1, 0.15) is 37.7 Å². The normalized spacial score (nSPS) is 12.0. The Kier molecular flexibility index (Phi) is 5.36. The molecule has 1 amide bonds. The minimum absolute atomic E-state index is 0.0730. The fourth-order valence-electron chi connectivity index (χ4n) is 2.20. The topological polar surface area (TPSA) is 56.1 Å². The number of nitrogens with one attached hydrogen (secondary N) is 1. The van der Waals surface area contributed by atoms with E-state index in [1.54, 1.807) is 22.9 Å². The smallest absolute Gasteiger partial charge is 0.269 e. The summed E-state index contributed by atoms with van der Waals surface area (Å²) >= 11 is 0. The molecule has 0 saturated carbocycles. The molecule has 124 valence electrons. The molecule has 2 rings (SSSR count). The number of ether oxygens (including phenoxy) is 1. The van der Waals surface area contributed by atoms with E-state index < -0.39 is 5.82 Å². The summed E-state index contributed by atoms with van der Waals surface area (Å²) in [7, 11) is 1.48.